The lowest BCUT2D eigenvalue weighted by Crippen LogP contribution is -2.30. The fraction of sp³-hybridized carbons (Fsp3) is 0.875. The van der Waals surface area contributed by atoms with Gasteiger partial charge in [0.1, 0.15) is 0 Å². The van der Waals surface area contributed by atoms with Crippen LogP contribution in [-0.4, -0.2) is 31.3 Å². The molecule has 3 nitrogen and oxygen atoms in total. The van der Waals surface area contributed by atoms with Crippen LogP contribution >= 0.6 is 12.2 Å². The quantitative estimate of drug-likeness (QED) is 0.623. The first-order chi connectivity index (χ1) is 5.79. The van der Waals surface area contributed by atoms with Crippen molar-refractivity contribution in [1.29, 1.82) is 0 Å². The monoisotopic (exact) mass is 188 g/mol. The molecule has 0 aromatic carbocycles. The van der Waals surface area contributed by atoms with Crippen molar-refractivity contribution in [2.45, 2.75) is 12.8 Å². The lowest BCUT2D eigenvalue weighted by molar-refractivity contribution is 0.116. The molecule has 0 unspecified atom stereocenters. The lowest BCUT2D eigenvalue weighted by atomic mass is 9.99. The Labute approximate surface area is 78.7 Å². The average molecular weight is 188 g/mol. The maximum absolute atomic E-state index is 5.34. The molecule has 1 fully saturated rings. The zero-order chi connectivity index (χ0) is 8.81. The van der Waals surface area contributed by atoms with Crippen molar-refractivity contribution >= 4 is 17.2 Å². The third kappa shape index (κ3) is 3.99. The van der Waals surface area contributed by atoms with Gasteiger partial charge in [-0.25, -0.2) is 0 Å². The predicted octanol–water partition coefficient (Wildman–Crippen LogP) is 0.289. The van der Waals surface area contributed by atoms with Gasteiger partial charge in [0.05, 0.1) is 18.2 Å². The second-order valence-electron chi connectivity index (χ2n) is 3.17. The van der Waals surface area contributed by atoms with Crippen molar-refractivity contribution < 1.29 is 4.74 Å². The van der Waals surface area contributed by atoms with Crippen molar-refractivity contribution in [2.24, 2.45) is 11.7 Å². The third-order valence-electron chi connectivity index (χ3n) is 2.06. The van der Waals surface area contributed by atoms with Gasteiger partial charge in [-0.05, 0) is 31.8 Å². The summed E-state index contributed by atoms with van der Waals surface area (Å²) in [5.41, 5.74) is 5.30. The van der Waals surface area contributed by atoms with Crippen molar-refractivity contribution in [2.75, 3.05) is 26.3 Å². The van der Waals surface area contributed by atoms with Crippen molar-refractivity contribution in [3.05, 3.63) is 0 Å². The maximum atomic E-state index is 5.34. The maximum Gasteiger partial charge on any atom is 0.0989 e. The summed E-state index contributed by atoms with van der Waals surface area (Å²) < 4.78 is 5.34. The van der Waals surface area contributed by atoms with E-state index in [-0.39, 0.29) is 0 Å². The third-order valence-corrected chi connectivity index (χ3v) is 2.17. The molecule has 1 aliphatic heterocycles. The van der Waals surface area contributed by atoms with E-state index in [4.69, 9.17) is 22.7 Å². The summed E-state index contributed by atoms with van der Waals surface area (Å²) in [6, 6.07) is 0. The van der Waals surface area contributed by atoms with Crippen LogP contribution < -0.4 is 11.1 Å². The van der Waals surface area contributed by atoms with Crippen molar-refractivity contribution in [1.82, 2.24) is 5.32 Å². The van der Waals surface area contributed by atoms with Gasteiger partial charge in [-0.15, -0.1) is 0 Å². The fourth-order valence-electron chi connectivity index (χ4n) is 1.37. The highest BCUT2D eigenvalue weighted by Gasteiger charge is 2.12. The zero-order valence-corrected chi connectivity index (χ0v) is 8.03. The summed E-state index contributed by atoms with van der Waals surface area (Å²) in [6.07, 6.45) is 2.41. The predicted molar refractivity (Wildman–Crippen MR) is 53.2 cm³/mol. The van der Waals surface area contributed by atoms with Gasteiger partial charge in [0.25, 0.3) is 0 Å². The van der Waals surface area contributed by atoms with Crippen LogP contribution in [0.5, 0.6) is 0 Å². The lowest BCUT2D eigenvalue weighted by Gasteiger charge is -2.22. The van der Waals surface area contributed by atoms with Gasteiger partial charge in [-0.2, -0.15) is 0 Å². The Bertz CT molecular complexity index is 146. The van der Waals surface area contributed by atoms with Crippen LogP contribution in [0, 0.1) is 5.92 Å². The molecule has 3 N–H and O–H groups in total. The van der Waals surface area contributed by atoms with Gasteiger partial charge >= 0.3 is 0 Å². The van der Waals surface area contributed by atoms with E-state index in [1.54, 1.807) is 0 Å². The van der Waals surface area contributed by atoms with Crippen molar-refractivity contribution in [3.63, 3.8) is 0 Å². The molecule has 1 aliphatic rings. The Kier molecular flexibility index (Phi) is 4.50. The molecule has 0 amide bonds. The molecule has 1 heterocycles. The summed E-state index contributed by atoms with van der Waals surface area (Å²) in [5, 5.41) is 3.31. The molecule has 0 aromatic heterocycles. The summed E-state index contributed by atoms with van der Waals surface area (Å²) >= 11 is 4.70. The standard InChI is InChI=1S/C8H16N2OS/c9-8(12)6-11-5-7-1-3-10-4-2-7/h7,10H,1-6H2,(H2,9,12). The highest BCUT2D eigenvalue weighted by molar-refractivity contribution is 7.80. The smallest absolute Gasteiger partial charge is 0.0989 e. The molecule has 70 valence electrons. The SMILES string of the molecule is NC(=S)COCC1CCNCC1. The number of ether oxygens (including phenoxy) is 1. The fourth-order valence-corrected chi connectivity index (χ4v) is 1.46. The number of hydrogen-bond donors (Lipinski definition) is 2. The first kappa shape index (κ1) is 9.89. The number of rotatable bonds is 4. The van der Waals surface area contributed by atoms with Gasteiger partial charge in [0.15, 0.2) is 0 Å². The Hall–Kier alpha value is -0.190. The van der Waals surface area contributed by atoms with E-state index in [1.807, 2.05) is 0 Å². The summed E-state index contributed by atoms with van der Waals surface area (Å²) in [4.78, 5) is 0.448. The molecule has 0 aliphatic carbocycles. The topological polar surface area (TPSA) is 47.3 Å². The second-order valence-corrected chi connectivity index (χ2v) is 3.70. The Morgan fingerprint density at radius 3 is 2.75 bits per heavy atom. The number of nitrogens with two attached hydrogens (primary N) is 1. The molecule has 1 saturated heterocycles. The minimum Gasteiger partial charge on any atom is -0.391 e. The van der Waals surface area contributed by atoms with E-state index in [1.165, 1.54) is 12.8 Å². The number of hydrogen-bond acceptors (Lipinski definition) is 3. The number of nitrogens with one attached hydrogen (secondary N) is 1. The van der Waals surface area contributed by atoms with Gasteiger partial charge in [0.2, 0.25) is 0 Å². The molecular weight excluding hydrogens is 172 g/mol. The Balaban J connectivity index is 2.01. The highest BCUT2D eigenvalue weighted by atomic mass is 32.1. The van der Waals surface area contributed by atoms with Crippen LogP contribution in [0.25, 0.3) is 0 Å². The molecule has 0 atom stereocenters. The second kappa shape index (κ2) is 5.45. The van der Waals surface area contributed by atoms with Gasteiger partial charge in [0, 0.05) is 0 Å². The van der Waals surface area contributed by atoms with E-state index < -0.39 is 0 Å². The first-order valence-electron chi connectivity index (χ1n) is 4.36. The molecule has 0 saturated carbocycles. The first-order valence-corrected chi connectivity index (χ1v) is 4.76. The minimum atomic E-state index is 0.430. The van der Waals surface area contributed by atoms with E-state index in [0.29, 0.717) is 17.5 Å². The summed E-state index contributed by atoms with van der Waals surface area (Å²) in [7, 11) is 0. The molecular formula is C8H16N2OS. The van der Waals surface area contributed by atoms with Crippen LogP contribution in [0.1, 0.15) is 12.8 Å². The molecule has 0 bridgehead atoms. The van der Waals surface area contributed by atoms with Crippen molar-refractivity contribution in [3.8, 4) is 0 Å². The Morgan fingerprint density at radius 1 is 1.50 bits per heavy atom. The van der Waals surface area contributed by atoms with E-state index in [0.717, 1.165) is 19.7 Å². The van der Waals surface area contributed by atoms with Gasteiger partial charge in [-0.1, -0.05) is 12.2 Å². The number of thiocarbonyl (C=S) groups is 1. The minimum absolute atomic E-state index is 0.430. The van der Waals surface area contributed by atoms with Crippen LogP contribution in [-0.2, 0) is 4.74 Å². The molecule has 4 heteroatoms. The van der Waals surface area contributed by atoms with E-state index in [2.05, 4.69) is 5.32 Å². The number of piperidine rings is 1. The normalized spacial score (nSPS) is 19.3. The molecule has 1 rings (SSSR count). The van der Waals surface area contributed by atoms with Crippen LogP contribution in [0.15, 0.2) is 0 Å². The van der Waals surface area contributed by atoms with Crippen LogP contribution in [0.4, 0.5) is 0 Å². The molecule has 0 radical (unpaired) electrons. The van der Waals surface area contributed by atoms with Gasteiger partial charge in [-0.3, -0.25) is 0 Å². The highest BCUT2D eigenvalue weighted by Crippen LogP contribution is 2.11. The molecule has 0 spiro atoms. The van der Waals surface area contributed by atoms with Gasteiger partial charge < -0.3 is 15.8 Å². The van der Waals surface area contributed by atoms with Crippen LogP contribution in [0.2, 0.25) is 0 Å². The largest absolute Gasteiger partial charge is 0.391 e. The Morgan fingerprint density at radius 2 is 2.17 bits per heavy atom. The molecule has 0 aromatic rings. The molecule has 12 heavy (non-hydrogen) atoms. The average Bonchev–Trinajstić information content (AvgIpc) is 2.05. The summed E-state index contributed by atoms with van der Waals surface area (Å²) in [6.45, 7) is 3.46. The zero-order valence-electron chi connectivity index (χ0n) is 7.21. The van der Waals surface area contributed by atoms with Crippen LogP contribution in [0.3, 0.4) is 0 Å². The van der Waals surface area contributed by atoms with E-state index >= 15 is 0 Å². The summed E-state index contributed by atoms with van der Waals surface area (Å²) in [5.74, 6) is 0.695. The van der Waals surface area contributed by atoms with E-state index in [9.17, 15) is 0 Å².